The van der Waals surface area contributed by atoms with E-state index in [0.29, 0.717) is 6.04 Å². The minimum Gasteiger partial charge on any atom is -0.347 e. The normalized spacial score (nSPS) is 14.9. The van der Waals surface area contributed by atoms with Gasteiger partial charge in [-0.05, 0) is 19.6 Å². The van der Waals surface area contributed by atoms with Gasteiger partial charge in [0.15, 0.2) is 0 Å². The largest absolute Gasteiger partial charge is 0.347 e. The molecule has 3 nitrogen and oxygen atoms in total. The van der Waals surface area contributed by atoms with Crippen molar-refractivity contribution in [2.75, 3.05) is 26.1 Å². The Morgan fingerprint density at radius 2 is 2.07 bits per heavy atom. The fourth-order valence-electron chi connectivity index (χ4n) is 1.30. The van der Waals surface area contributed by atoms with Crippen LogP contribution in [0.3, 0.4) is 0 Å². The van der Waals surface area contributed by atoms with E-state index in [9.17, 15) is 4.79 Å². The third-order valence-electron chi connectivity index (χ3n) is 2.16. The Morgan fingerprint density at radius 3 is 2.43 bits per heavy atom. The van der Waals surface area contributed by atoms with Crippen molar-refractivity contribution in [1.82, 2.24) is 10.2 Å². The summed E-state index contributed by atoms with van der Waals surface area (Å²) in [6.45, 7) is 4.06. The van der Waals surface area contributed by atoms with Gasteiger partial charge in [-0.3, -0.25) is 4.79 Å². The first kappa shape index (κ1) is 13.8. The summed E-state index contributed by atoms with van der Waals surface area (Å²) in [4.78, 5) is 13.2. The molecule has 0 rings (SSSR count). The fraction of sp³-hybridized carbons (Fsp3) is 0.900. The maximum atomic E-state index is 11.6. The number of carbonyl (C=O) groups excluding carboxylic acids is 1. The summed E-state index contributed by atoms with van der Waals surface area (Å²) in [7, 11) is 3.58. The molecule has 0 aliphatic heterocycles. The van der Waals surface area contributed by atoms with Crippen LogP contribution in [0.15, 0.2) is 0 Å². The van der Waals surface area contributed by atoms with Crippen molar-refractivity contribution in [2.45, 2.75) is 32.4 Å². The number of thioether (sulfide) groups is 1. The van der Waals surface area contributed by atoms with Crippen LogP contribution in [-0.2, 0) is 4.79 Å². The molecule has 0 heterocycles. The van der Waals surface area contributed by atoms with Crippen molar-refractivity contribution >= 4 is 17.7 Å². The first-order valence-electron chi connectivity index (χ1n) is 4.99. The van der Waals surface area contributed by atoms with Crippen LogP contribution >= 0.6 is 11.8 Å². The topological polar surface area (TPSA) is 32.3 Å². The summed E-state index contributed by atoms with van der Waals surface area (Å²) >= 11 is 1.81. The molecule has 0 aliphatic rings. The number of likely N-dealkylation sites (N-methyl/N-ethyl adjacent to an activating group) is 1. The molecule has 0 saturated carbocycles. The van der Waals surface area contributed by atoms with Crippen LogP contribution in [0.25, 0.3) is 0 Å². The third kappa shape index (κ3) is 4.86. The van der Waals surface area contributed by atoms with Gasteiger partial charge < -0.3 is 10.2 Å². The summed E-state index contributed by atoms with van der Waals surface area (Å²) < 4.78 is 0. The van der Waals surface area contributed by atoms with Crippen LogP contribution in [0.1, 0.15) is 20.3 Å². The van der Waals surface area contributed by atoms with Gasteiger partial charge in [0.1, 0.15) is 0 Å². The highest BCUT2D eigenvalue weighted by Crippen LogP contribution is 2.03. The standard InChI is InChI=1S/C10H22N2OS/c1-6-9(7-14-5)11-8(2)10(13)12(3)4/h8-9,11H,6-7H2,1-5H3. The van der Waals surface area contributed by atoms with E-state index < -0.39 is 0 Å². The van der Waals surface area contributed by atoms with Crippen LogP contribution < -0.4 is 5.32 Å². The summed E-state index contributed by atoms with van der Waals surface area (Å²) in [5.74, 6) is 1.20. The number of hydrogen-bond donors (Lipinski definition) is 1. The Labute approximate surface area is 91.6 Å². The first-order valence-corrected chi connectivity index (χ1v) is 6.38. The Bertz CT molecular complexity index is 174. The maximum absolute atomic E-state index is 11.6. The van der Waals surface area contributed by atoms with E-state index in [-0.39, 0.29) is 11.9 Å². The molecule has 0 spiro atoms. The number of nitrogens with one attached hydrogen (secondary N) is 1. The molecular weight excluding hydrogens is 196 g/mol. The molecule has 0 aromatic carbocycles. The lowest BCUT2D eigenvalue weighted by atomic mass is 10.2. The van der Waals surface area contributed by atoms with E-state index in [1.165, 1.54) is 0 Å². The van der Waals surface area contributed by atoms with Gasteiger partial charge in [-0.25, -0.2) is 0 Å². The van der Waals surface area contributed by atoms with Crippen LogP contribution in [-0.4, -0.2) is 49.0 Å². The molecule has 0 fully saturated rings. The van der Waals surface area contributed by atoms with Gasteiger partial charge in [0.05, 0.1) is 6.04 Å². The molecule has 14 heavy (non-hydrogen) atoms. The number of rotatable bonds is 6. The second-order valence-electron chi connectivity index (χ2n) is 3.68. The highest BCUT2D eigenvalue weighted by molar-refractivity contribution is 7.98. The molecule has 0 bridgehead atoms. The summed E-state index contributed by atoms with van der Waals surface area (Å²) in [5, 5.41) is 3.34. The van der Waals surface area contributed by atoms with E-state index in [0.717, 1.165) is 12.2 Å². The lowest BCUT2D eigenvalue weighted by Gasteiger charge is -2.23. The Hall–Kier alpha value is -0.220. The molecule has 84 valence electrons. The number of carbonyl (C=O) groups is 1. The minimum atomic E-state index is -0.0814. The van der Waals surface area contributed by atoms with E-state index >= 15 is 0 Å². The SMILES string of the molecule is CCC(CSC)NC(C)C(=O)N(C)C. The monoisotopic (exact) mass is 218 g/mol. The average molecular weight is 218 g/mol. The number of amides is 1. The molecule has 1 amide bonds. The second-order valence-corrected chi connectivity index (χ2v) is 4.59. The van der Waals surface area contributed by atoms with E-state index in [1.54, 1.807) is 19.0 Å². The smallest absolute Gasteiger partial charge is 0.238 e. The predicted octanol–water partition coefficient (Wildman–Crippen LogP) is 1.19. The third-order valence-corrected chi connectivity index (χ3v) is 2.89. The minimum absolute atomic E-state index is 0.0814. The Kier molecular flexibility index (Phi) is 7.01. The molecule has 4 heteroatoms. The van der Waals surface area contributed by atoms with Crippen molar-refractivity contribution in [1.29, 1.82) is 0 Å². The summed E-state index contributed by atoms with van der Waals surface area (Å²) in [5.41, 5.74) is 0. The van der Waals surface area contributed by atoms with Gasteiger partial charge in [0, 0.05) is 25.9 Å². The zero-order valence-electron chi connectivity index (χ0n) is 9.83. The molecular formula is C10H22N2OS. The van der Waals surface area contributed by atoms with Crippen molar-refractivity contribution in [2.24, 2.45) is 0 Å². The van der Waals surface area contributed by atoms with Crippen molar-refractivity contribution in [3.05, 3.63) is 0 Å². The molecule has 0 aromatic rings. The summed E-state index contributed by atoms with van der Waals surface area (Å²) in [6, 6.07) is 0.353. The van der Waals surface area contributed by atoms with Gasteiger partial charge in [-0.2, -0.15) is 11.8 Å². The Morgan fingerprint density at radius 1 is 1.50 bits per heavy atom. The van der Waals surface area contributed by atoms with Gasteiger partial charge in [-0.15, -0.1) is 0 Å². The van der Waals surface area contributed by atoms with Crippen molar-refractivity contribution in [3.8, 4) is 0 Å². The van der Waals surface area contributed by atoms with Crippen LogP contribution in [0, 0.1) is 0 Å². The van der Waals surface area contributed by atoms with Crippen LogP contribution in [0.2, 0.25) is 0 Å². The molecule has 0 radical (unpaired) electrons. The average Bonchev–Trinajstić information content (AvgIpc) is 2.15. The van der Waals surface area contributed by atoms with E-state index in [1.807, 2.05) is 18.7 Å². The highest BCUT2D eigenvalue weighted by atomic mass is 32.2. The molecule has 2 atom stereocenters. The van der Waals surface area contributed by atoms with Gasteiger partial charge in [0.2, 0.25) is 5.91 Å². The number of nitrogens with zero attached hydrogens (tertiary/aromatic N) is 1. The number of hydrogen-bond acceptors (Lipinski definition) is 3. The van der Waals surface area contributed by atoms with Gasteiger partial charge in [-0.1, -0.05) is 6.92 Å². The predicted molar refractivity (Wildman–Crippen MR) is 63.8 cm³/mol. The lowest BCUT2D eigenvalue weighted by Crippen LogP contribution is -2.46. The Balaban J connectivity index is 4.01. The summed E-state index contributed by atoms with van der Waals surface area (Å²) in [6.07, 6.45) is 3.15. The lowest BCUT2D eigenvalue weighted by molar-refractivity contribution is -0.130. The first-order chi connectivity index (χ1) is 6.52. The van der Waals surface area contributed by atoms with Gasteiger partial charge >= 0.3 is 0 Å². The zero-order chi connectivity index (χ0) is 11.1. The second kappa shape index (κ2) is 7.12. The van der Waals surface area contributed by atoms with Crippen LogP contribution in [0.5, 0.6) is 0 Å². The van der Waals surface area contributed by atoms with Gasteiger partial charge in [0.25, 0.3) is 0 Å². The maximum Gasteiger partial charge on any atom is 0.238 e. The molecule has 0 aliphatic carbocycles. The van der Waals surface area contributed by atoms with Crippen LogP contribution in [0.4, 0.5) is 0 Å². The molecule has 2 unspecified atom stereocenters. The highest BCUT2D eigenvalue weighted by Gasteiger charge is 2.17. The molecule has 1 N–H and O–H groups in total. The van der Waals surface area contributed by atoms with E-state index in [4.69, 9.17) is 0 Å². The van der Waals surface area contributed by atoms with Crippen molar-refractivity contribution in [3.63, 3.8) is 0 Å². The van der Waals surface area contributed by atoms with E-state index in [2.05, 4.69) is 18.5 Å². The zero-order valence-corrected chi connectivity index (χ0v) is 10.6. The fourth-order valence-corrected chi connectivity index (χ4v) is 2.03. The van der Waals surface area contributed by atoms with Crippen molar-refractivity contribution < 1.29 is 4.79 Å². The molecule has 0 aromatic heterocycles. The quantitative estimate of drug-likeness (QED) is 0.727. The molecule has 0 saturated heterocycles.